The van der Waals surface area contributed by atoms with Crippen molar-refractivity contribution in [1.29, 1.82) is 0 Å². The number of aryl methyl sites for hydroxylation is 2. The van der Waals surface area contributed by atoms with Gasteiger partial charge in [0.25, 0.3) is 5.91 Å². The van der Waals surface area contributed by atoms with Gasteiger partial charge in [0.2, 0.25) is 0 Å². The first-order chi connectivity index (χ1) is 16.5. The Hall–Kier alpha value is -4.46. The van der Waals surface area contributed by atoms with E-state index in [1.54, 1.807) is 36.4 Å². The lowest BCUT2D eigenvalue weighted by molar-refractivity contribution is -0.136. The third-order valence-electron chi connectivity index (χ3n) is 4.84. The van der Waals surface area contributed by atoms with Crippen LogP contribution in [-0.4, -0.2) is 30.5 Å². The van der Waals surface area contributed by atoms with Gasteiger partial charge in [-0.05, 0) is 49.2 Å². The normalized spacial score (nSPS) is 10.5. The van der Waals surface area contributed by atoms with Crippen molar-refractivity contribution >= 4 is 35.3 Å². The van der Waals surface area contributed by atoms with Crippen molar-refractivity contribution in [2.24, 2.45) is 5.10 Å². The summed E-state index contributed by atoms with van der Waals surface area (Å²) in [6.45, 7) is 3.74. The fourth-order valence-corrected chi connectivity index (χ4v) is 3.03. The summed E-state index contributed by atoms with van der Waals surface area (Å²) in [5.41, 5.74) is 6.04. The summed E-state index contributed by atoms with van der Waals surface area (Å²) in [5.74, 6) is -1.64. The summed E-state index contributed by atoms with van der Waals surface area (Å²) < 4.78 is 5.64. The maximum Gasteiger partial charge on any atom is 0.329 e. The number of amides is 3. The van der Waals surface area contributed by atoms with E-state index in [1.807, 2.05) is 50.2 Å². The Kier molecular flexibility index (Phi) is 8.51. The van der Waals surface area contributed by atoms with Crippen molar-refractivity contribution in [3.63, 3.8) is 0 Å². The second kappa shape index (κ2) is 12.0. The van der Waals surface area contributed by atoms with Crippen LogP contribution in [0.25, 0.3) is 0 Å². The number of para-hydroxylation sites is 2. The number of anilines is 2. The highest BCUT2D eigenvalue weighted by Crippen LogP contribution is 2.17. The molecule has 0 spiro atoms. The smallest absolute Gasteiger partial charge is 0.329 e. The van der Waals surface area contributed by atoms with Crippen molar-refractivity contribution in [2.45, 2.75) is 20.3 Å². The molecule has 0 atom stereocenters. The van der Waals surface area contributed by atoms with Gasteiger partial charge in [0.15, 0.2) is 6.61 Å². The molecule has 3 amide bonds. The quantitative estimate of drug-likeness (QED) is 0.272. The maximum atomic E-state index is 12.3. The van der Waals surface area contributed by atoms with E-state index in [0.29, 0.717) is 17.0 Å². The molecule has 0 fully saturated rings. The van der Waals surface area contributed by atoms with Gasteiger partial charge >= 0.3 is 11.8 Å². The number of benzene rings is 3. The molecule has 3 aromatic rings. The Morgan fingerprint density at radius 1 is 0.882 bits per heavy atom. The number of carbonyl (C=O) groups is 3. The van der Waals surface area contributed by atoms with E-state index in [4.69, 9.17) is 4.74 Å². The fourth-order valence-electron chi connectivity index (χ4n) is 3.03. The summed E-state index contributed by atoms with van der Waals surface area (Å²) >= 11 is 0. The number of hydrogen-bond donors (Lipinski definition) is 3. The van der Waals surface area contributed by atoms with E-state index in [9.17, 15) is 14.4 Å². The summed E-state index contributed by atoms with van der Waals surface area (Å²) in [4.78, 5) is 36.4. The van der Waals surface area contributed by atoms with Gasteiger partial charge < -0.3 is 15.4 Å². The van der Waals surface area contributed by atoms with E-state index >= 15 is 0 Å². The number of nitrogens with zero attached hydrogens (tertiary/aromatic N) is 1. The molecule has 0 unspecified atom stereocenters. The molecule has 3 rings (SSSR count). The Bertz CT molecular complexity index is 1190. The van der Waals surface area contributed by atoms with E-state index in [-0.39, 0.29) is 12.5 Å². The van der Waals surface area contributed by atoms with Gasteiger partial charge in [-0.25, -0.2) is 5.43 Å². The number of carbonyl (C=O) groups excluding carboxylic acids is 3. The number of hydrazone groups is 1. The molecular weight excluding hydrogens is 432 g/mol. The molecule has 0 aliphatic heterocycles. The predicted molar refractivity (Wildman–Crippen MR) is 132 cm³/mol. The average molecular weight is 459 g/mol. The van der Waals surface area contributed by atoms with E-state index < -0.39 is 11.8 Å². The van der Waals surface area contributed by atoms with Crippen molar-refractivity contribution < 1.29 is 19.1 Å². The van der Waals surface area contributed by atoms with Gasteiger partial charge in [0, 0.05) is 16.9 Å². The first-order valence-corrected chi connectivity index (χ1v) is 10.8. The lowest BCUT2D eigenvalue weighted by atomic mass is 10.1. The molecule has 8 nitrogen and oxygen atoms in total. The van der Waals surface area contributed by atoms with Gasteiger partial charge in [0.05, 0.1) is 6.21 Å². The van der Waals surface area contributed by atoms with Crippen LogP contribution in [0.5, 0.6) is 5.75 Å². The highest BCUT2D eigenvalue weighted by molar-refractivity contribution is 6.39. The van der Waals surface area contributed by atoms with Crippen molar-refractivity contribution in [3.8, 4) is 5.75 Å². The second-order valence-corrected chi connectivity index (χ2v) is 7.40. The van der Waals surface area contributed by atoms with Gasteiger partial charge in [0.1, 0.15) is 5.75 Å². The predicted octanol–water partition coefficient (Wildman–Crippen LogP) is 3.66. The minimum atomic E-state index is -0.913. The van der Waals surface area contributed by atoms with Crippen LogP contribution in [0.4, 0.5) is 11.4 Å². The fraction of sp³-hybridized carbons (Fsp3) is 0.154. The molecule has 0 saturated carbocycles. The summed E-state index contributed by atoms with van der Waals surface area (Å²) in [7, 11) is 0. The zero-order valence-corrected chi connectivity index (χ0v) is 19.0. The van der Waals surface area contributed by atoms with Crippen LogP contribution in [0.2, 0.25) is 0 Å². The topological polar surface area (TPSA) is 109 Å². The average Bonchev–Trinajstić information content (AvgIpc) is 2.85. The largest absolute Gasteiger partial charge is 0.483 e. The molecule has 34 heavy (non-hydrogen) atoms. The van der Waals surface area contributed by atoms with Gasteiger partial charge in [-0.1, -0.05) is 55.0 Å². The Morgan fingerprint density at radius 2 is 1.59 bits per heavy atom. The molecule has 3 N–H and O–H groups in total. The standard InChI is InChI=1S/C26H26N4O4/c1-3-19-8-4-6-10-22(19)29-24(31)17-34-23-11-7-5-9-20(23)16-27-30-26(33)25(32)28-21-14-12-18(2)13-15-21/h4-16H,3,17H2,1-2H3,(H,28,32)(H,29,31)(H,30,33)/b27-16-. The number of rotatable bonds is 8. The van der Waals surface area contributed by atoms with Crippen LogP contribution in [-0.2, 0) is 20.8 Å². The monoisotopic (exact) mass is 458 g/mol. The third-order valence-corrected chi connectivity index (χ3v) is 4.84. The van der Waals surface area contributed by atoms with Crippen LogP contribution >= 0.6 is 0 Å². The molecule has 3 aromatic carbocycles. The zero-order chi connectivity index (χ0) is 24.3. The van der Waals surface area contributed by atoms with Crippen LogP contribution in [0.15, 0.2) is 77.9 Å². The summed E-state index contributed by atoms with van der Waals surface area (Å²) in [6.07, 6.45) is 2.14. The van der Waals surface area contributed by atoms with Crippen LogP contribution in [0.1, 0.15) is 23.6 Å². The maximum absolute atomic E-state index is 12.3. The molecular formula is C26H26N4O4. The van der Waals surface area contributed by atoms with E-state index in [2.05, 4.69) is 21.2 Å². The Labute approximate surface area is 198 Å². The van der Waals surface area contributed by atoms with E-state index in [0.717, 1.165) is 23.2 Å². The molecule has 0 aliphatic carbocycles. The first kappa shape index (κ1) is 24.2. The molecule has 174 valence electrons. The molecule has 0 radical (unpaired) electrons. The SMILES string of the molecule is CCc1ccccc1NC(=O)COc1ccccc1/C=N\NC(=O)C(=O)Nc1ccc(C)cc1. The van der Waals surface area contributed by atoms with Gasteiger partial charge in [-0.3, -0.25) is 14.4 Å². The summed E-state index contributed by atoms with van der Waals surface area (Å²) in [6, 6.07) is 21.5. The first-order valence-electron chi connectivity index (χ1n) is 10.8. The minimum absolute atomic E-state index is 0.200. The highest BCUT2D eigenvalue weighted by atomic mass is 16.5. The Morgan fingerprint density at radius 3 is 2.35 bits per heavy atom. The highest BCUT2D eigenvalue weighted by Gasteiger charge is 2.13. The molecule has 0 heterocycles. The number of hydrogen-bond acceptors (Lipinski definition) is 5. The van der Waals surface area contributed by atoms with Gasteiger partial charge in [-0.2, -0.15) is 5.10 Å². The number of ether oxygens (including phenoxy) is 1. The molecule has 8 heteroatoms. The van der Waals surface area contributed by atoms with Gasteiger partial charge in [-0.15, -0.1) is 0 Å². The van der Waals surface area contributed by atoms with Crippen molar-refractivity contribution in [2.75, 3.05) is 17.2 Å². The molecule has 0 aliphatic rings. The van der Waals surface area contributed by atoms with Crippen molar-refractivity contribution in [1.82, 2.24) is 5.43 Å². The lowest BCUT2D eigenvalue weighted by Gasteiger charge is -2.11. The lowest BCUT2D eigenvalue weighted by Crippen LogP contribution is -2.32. The zero-order valence-electron chi connectivity index (χ0n) is 19.0. The molecule has 0 aromatic heterocycles. The minimum Gasteiger partial charge on any atom is -0.483 e. The number of nitrogens with one attached hydrogen (secondary N) is 3. The summed E-state index contributed by atoms with van der Waals surface area (Å²) in [5, 5.41) is 9.17. The van der Waals surface area contributed by atoms with Crippen molar-refractivity contribution in [3.05, 3.63) is 89.5 Å². The Balaban J connectivity index is 1.54. The molecule has 0 saturated heterocycles. The van der Waals surface area contributed by atoms with E-state index in [1.165, 1.54) is 6.21 Å². The molecule has 0 bridgehead atoms. The van der Waals surface area contributed by atoms with Crippen LogP contribution in [0.3, 0.4) is 0 Å². The second-order valence-electron chi connectivity index (χ2n) is 7.40. The van der Waals surface area contributed by atoms with Crippen LogP contribution < -0.4 is 20.8 Å². The third kappa shape index (κ3) is 7.03. The van der Waals surface area contributed by atoms with Crippen LogP contribution in [0, 0.1) is 6.92 Å².